The van der Waals surface area contributed by atoms with E-state index in [0.717, 1.165) is 4.70 Å². The van der Waals surface area contributed by atoms with Crippen LogP contribution in [0.15, 0.2) is 18.2 Å². The van der Waals surface area contributed by atoms with Crippen molar-refractivity contribution in [3.8, 4) is 0 Å². The number of aromatic nitrogens is 1. The Morgan fingerprint density at radius 1 is 1.43 bits per heavy atom. The molecule has 1 fully saturated rings. The number of aliphatic hydroxyl groups is 1. The summed E-state index contributed by atoms with van der Waals surface area (Å²) in [6, 6.07) is 3.93. The zero-order valence-corrected chi connectivity index (χ0v) is 11.7. The highest BCUT2D eigenvalue weighted by atomic mass is 32.1. The van der Waals surface area contributed by atoms with Gasteiger partial charge in [0, 0.05) is 18.5 Å². The van der Waals surface area contributed by atoms with Gasteiger partial charge in [0.2, 0.25) is 0 Å². The molecule has 1 aliphatic rings. The van der Waals surface area contributed by atoms with Crippen LogP contribution < -0.4 is 5.73 Å². The fourth-order valence-corrected chi connectivity index (χ4v) is 3.29. The number of β-amino-alcohol motifs (C(OH)–C–C–N with tert-alkyl or cyclic N) is 1. The first-order valence-electron chi connectivity index (χ1n) is 6.33. The predicted octanol–water partition coefficient (Wildman–Crippen LogP) is 0.538. The van der Waals surface area contributed by atoms with Gasteiger partial charge in [-0.15, -0.1) is 0 Å². The zero-order chi connectivity index (χ0) is 15.1. The number of nitrogens with zero attached hydrogens (tertiary/aromatic N) is 2. The number of aliphatic hydroxyl groups excluding tert-OH is 1. The van der Waals surface area contributed by atoms with Gasteiger partial charge in [-0.05, 0) is 18.2 Å². The van der Waals surface area contributed by atoms with E-state index in [2.05, 4.69) is 4.98 Å². The van der Waals surface area contributed by atoms with Crippen molar-refractivity contribution in [2.24, 2.45) is 0 Å². The lowest BCUT2D eigenvalue weighted by Gasteiger charge is -2.21. The molecule has 0 bridgehead atoms. The van der Waals surface area contributed by atoms with Crippen LogP contribution in [0.25, 0.3) is 10.2 Å². The Kier molecular flexibility index (Phi) is 3.26. The lowest BCUT2D eigenvalue weighted by Crippen LogP contribution is -2.40. The number of likely N-dealkylation sites (tertiary alicyclic amines) is 1. The largest absolute Gasteiger partial charge is 0.480 e. The zero-order valence-electron chi connectivity index (χ0n) is 10.9. The van der Waals surface area contributed by atoms with Crippen LogP contribution in [-0.2, 0) is 4.79 Å². The summed E-state index contributed by atoms with van der Waals surface area (Å²) in [6.07, 6.45) is -0.755. The highest BCUT2D eigenvalue weighted by Gasteiger charge is 2.39. The number of carbonyl (C=O) groups is 2. The van der Waals surface area contributed by atoms with Gasteiger partial charge in [0.15, 0.2) is 5.13 Å². The number of carbonyl (C=O) groups excluding carboxylic acids is 1. The van der Waals surface area contributed by atoms with Crippen LogP contribution in [0.2, 0.25) is 0 Å². The molecule has 3 rings (SSSR count). The summed E-state index contributed by atoms with van der Waals surface area (Å²) < 4.78 is 0.768. The van der Waals surface area contributed by atoms with Crippen molar-refractivity contribution in [1.29, 1.82) is 0 Å². The second-order valence-corrected chi connectivity index (χ2v) is 6.00. The molecule has 21 heavy (non-hydrogen) atoms. The average molecular weight is 307 g/mol. The fraction of sp³-hybridized carbons (Fsp3) is 0.308. The molecule has 1 amide bonds. The van der Waals surface area contributed by atoms with E-state index in [9.17, 15) is 14.7 Å². The Balaban J connectivity index is 1.93. The molecule has 110 valence electrons. The fourth-order valence-electron chi connectivity index (χ4n) is 2.51. The van der Waals surface area contributed by atoms with E-state index in [4.69, 9.17) is 10.8 Å². The molecule has 2 atom stereocenters. The minimum Gasteiger partial charge on any atom is -0.480 e. The minimum absolute atomic E-state index is 0.0265. The number of carboxylic acid groups (broad SMARTS) is 1. The molecule has 0 spiro atoms. The summed E-state index contributed by atoms with van der Waals surface area (Å²) in [6.45, 7) is 0.0265. The van der Waals surface area contributed by atoms with Crippen LogP contribution in [0.4, 0.5) is 5.13 Å². The van der Waals surface area contributed by atoms with Crippen LogP contribution in [0.5, 0.6) is 0 Å². The SMILES string of the molecule is Nc1nc2ccc(C(=O)N3CC(O)C[C@H]3C(=O)O)cc2s1. The average Bonchev–Trinajstić information content (AvgIpc) is 2.98. The smallest absolute Gasteiger partial charge is 0.326 e. The van der Waals surface area contributed by atoms with Crippen LogP contribution in [0.3, 0.4) is 0 Å². The molecule has 7 nitrogen and oxygen atoms in total. The summed E-state index contributed by atoms with van der Waals surface area (Å²) in [4.78, 5) is 28.9. The van der Waals surface area contributed by atoms with Crippen molar-refractivity contribution in [3.63, 3.8) is 0 Å². The number of aliphatic carboxylic acids is 1. The van der Waals surface area contributed by atoms with Gasteiger partial charge < -0.3 is 20.8 Å². The van der Waals surface area contributed by atoms with E-state index in [1.54, 1.807) is 18.2 Å². The summed E-state index contributed by atoms with van der Waals surface area (Å²) >= 11 is 1.26. The van der Waals surface area contributed by atoms with Gasteiger partial charge >= 0.3 is 5.97 Å². The Hall–Kier alpha value is -2.19. The molecule has 1 aromatic carbocycles. The van der Waals surface area contributed by atoms with Crippen LogP contribution >= 0.6 is 11.3 Å². The normalized spacial score (nSPS) is 21.9. The summed E-state index contributed by atoms with van der Waals surface area (Å²) in [5.74, 6) is -1.52. The van der Waals surface area contributed by atoms with Gasteiger partial charge in [-0.1, -0.05) is 11.3 Å². The first kappa shape index (κ1) is 13.8. The maximum atomic E-state index is 12.5. The molecular formula is C13H13N3O4S. The summed E-state index contributed by atoms with van der Waals surface area (Å²) in [5.41, 5.74) is 6.69. The van der Waals surface area contributed by atoms with E-state index < -0.39 is 24.0 Å². The Labute approximate surface area is 123 Å². The Morgan fingerprint density at radius 2 is 2.19 bits per heavy atom. The standard InChI is InChI=1S/C13H13N3O4S/c14-13-15-8-2-1-6(3-10(8)21-13)11(18)16-5-7(17)4-9(16)12(19)20/h1-3,7,9,17H,4-5H2,(H2,14,15)(H,19,20)/t7?,9-/m0/s1. The van der Waals surface area contributed by atoms with Gasteiger partial charge in [0.25, 0.3) is 5.91 Å². The maximum Gasteiger partial charge on any atom is 0.326 e. The summed E-state index contributed by atoms with van der Waals surface area (Å²) in [7, 11) is 0. The topological polar surface area (TPSA) is 117 Å². The lowest BCUT2D eigenvalue weighted by atomic mass is 10.1. The third-order valence-electron chi connectivity index (χ3n) is 3.48. The molecule has 2 aromatic rings. The molecule has 0 radical (unpaired) electrons. The Morgan fingerprint density at radius 3 is 2.90 bits per heavy atom. The van der Waals surface area contributed by atoms with E-state index in [1.165, 1.54) is 16.2 Å². The van der Waals surface area contributed by atoms with Gasteiger partial charge in [0.1, 0.15) is 6.04 Å². The number of carboxylic acids is 1. The van der Waals surface area contributed by atoms with Crippen molar-refractivity contribution >= 4 is 38.6 Å². The predicted molar refractivity (Wildman–Crippen MR) is 77.1 cm³/mol. The van der Waals surface area contributed by atoms with Crippen molar-refractivity contribution in [2.75, 3.05) is 12.3 Å². The number of amides is 1. The molecule has 8 heteroatoms. The van der Waals surface area contributed by atoms with Crippen LogP contribution in [0.1, 0.15) is 16.8 Å². The lowest BCUT2D eigenvalue weighted by molar-refractivity contribution is -0.141. The Bertz CT molecular complexity index is 729. The molecule has 1 unspecified atom stereocenters. The highest BCUT2D eigenvalue weighted by molar-refractivity contribution is 7.22. The van der Waals surface area contributed by atoms with Crippen molar-refractivity contribution in [2.45, 2.75) is 18.6 Å². The second kappa shape index (κ2) is 4.97. The van der Waals surface area contributed by atoms with Crippen molar-refractivity contribution in [3.05, 3.63) is 23.8 Å². The second-order valence-electron chi connectivity index (χ2n) is 4.94. The maximum absolute atomic E-state index is 12.5. The van der Waals surface area contributed by atoms with Crippen LogP contribution in [0, 0.1) is 0 Å². The summed E-state index contributed by atoms with van der Waals surface area (Å²) in [5, 5.41) is 19.2. The van der Waals surface area contributed by atoms with Crippen molar-refractivity contribution in [1.82, 2.24) is 9.88 Å². The number of fused-ring (bicyclic) bond motifs is 1. The third kappa shape index (κ3) is 2.43. The van der Waals surface area contributed by atoms with E-state index in [0.29, 0.717) is 16.2 Å². The monoisotopic (exact) mass is 307 g/mol. The quantitative estimate of drug-likeness (QED) is 0.745. The highest BCUT2D eigenvalue weighted by Crippen LogP contribution is 2.27. The number of nitrogen functional groups attached to an aromatic ring is 1. The molecule has 1 saturated heterocycles. The van der Waals surface area contributed by atoms with Crippen molar-refractivity contribution < 1.29 is 19.8 Å². The van der Waals surface area contributed by atoms with Gasteiger partial charge in [-0.2, -0.15) is 0 Å². The molecule has 0 aliphatic carbocycles. The number of hydrogen-bond donors (Lipinski definition) is 3. The van der Waals surface area contributed by atoms with Gasteiger partial charge in [0.05, 0.1) is 16.3 Å². The van der Waals surface area contributed by atoms with Gasteiger partial charge in [-0.3, -0.25) is 4.79 Å². The first-order valence-corrected chi connectivity index (χ1v) is 7.15. The molecular weight excluding hydrogens is 294 g/mol. The van der Waals surface area contributed by atoms with E-state index in [1.807, 2.05) is 0 Å². The number of nitrogens with two attached hydrogens (primary N) is 1. The van der Waals surface area contributed by atoms with Crippen LogP contribution in [-0.4, -0.2) is 50.7 Å². The number of benzene rings is 1. The molecule has 0 saturated carbocycles. The number of anilines is 1. The van der Waals surface area contributed by atoms with E-state index in [-0.39, 0.29) is 13.0 Å². The molecule has 1 aromatic heterocycles. The molecule has 2 heterocycles. The molecule has 4 N–H and O–H groups in total. The molecule has 1 aliphatic heterocycles. The number of hydrogen-bond acceptors (Lipinski definition) is 6. The van der Waals surface area contributed by atoms with Gasteiger partial charge in [-0.25, -0.2) is 9.78 Å². The number of thiazole rings is 1. The van der Waals surface area contributed by atoms with E-state index >= 15 is 0 Å². The minimum atomic E-state index is -1.11. The first-order chi connectivity index (χ1) is 9.95. The third-order valence-corrected chi connectivity index (χ3v) is 4.32. The number of rotatable bonds is 2.